The van der Waals surface area contributed by atoms with Crippen LogP contribution in [0.15, 0.2) is 54.6 Å². The first-order valence-electron chi connectivity index (χ1n) is 8.71. The second-order valence-electron chi connectivity index (χ2n) is 7.03. The van der Waals surface area contributed by atoms with Crippen LogP contribution < -0.4 is 10.2 Å². The van der Waals surface area contributed by atoms with Crippen LogP contribution >= 0.6 is 0 Å². The monoisotopic (exact) mass is 322 g/mol. The summed E-state index contributed by atoms with van der Waals surface area (Å²) in [5.41, 5.74) is 3.35. The molecule has 1 amide bonds. The average molecular weight is 322 g/mol. The predicted octanol–water partition coefficient (Wildman–Crippen LogP) is 4.87. The molecule has 1 aliphatic rings. The zero-order valence-electron chi connectivity index (χ0n) is 14.9. The smallest absolute Gasteiger partial charge is 0.224 e. The Morgan fingerprint density at radius 1 is 1.04 bits per heavy atom. The van der Waals surface area contributed by atoms with E-state index in [-0.39, 0.29) is 18.0 Å². The third kappa shape index (κ3) is 2.91. The van der Waals surface area contributed by atoms with Gasteiger partial charge in [-0.2, -0.15) is 0 Å². The standard InChI is InChI=1S/C21H26N2O/c1-14(2)21-15(3)20(22-17-10-6-5-7-11-17)18-12-8-9-13-19(18)23(21)16(4)24/h5-15,20-22H,1-4H3/t15?,20-,21+/m1/s1. The van der Waals surface area contributed by atoms with E-state index in [9.17, 15) is 4.79 Å². The van der Waals surface area contributed by atoms with Gasteiger partial charge in [0.05, 0.1) is 6.04 Å². The molecule has 24 heavy (non-hydrogen) atoms. The molecule has 0 bridgehead atoms. The highest BCUT2D eigenvalue weighted by Gasteiger charge is 2.41. The van der Waals surface area contributed by atoms with Crippen molar-refractivity contribution in [1.29, 1.82) is 0 Å². The highest BCUT2D eigenvalue weighted by molar-refractivity contribution is 5.94. The van der Waals surface area contributed by atoms with E-state index in [1.807, 2.05) is 29.2 Å². The fourth-order valence-electron chi connectivity index (χ4n) is 4.05. The summed E-state index contributed by atoms with van der Waals surface area (Å²) in [5.74, 6) is 0.812. The van der Waals surface area contributed by atoms with Gasteiger partial charge in [0, 0.05) is 30.3 Å². The number of hydrogen-bond donors (Lipinski definition) is 1. The van der Waals surface area contributed by atoms with Crippen LogP contribution in [0.25, 0.3) is 0 Å². The minimum absolute atomic E-state index is 0.117. The van der Waals surface area contributed by atoms with Gasteiger partial charge in [0.2, 0.25) is 5.91 Å². The quantitative estimate of drug-likeness (QED) is 0.874. The molecule has 1 heterocycles. The van der Waals surface area contributed by atoms with Crippen molar-refractivity contribution in [2.45, 2.75) is 39.8 Å². The number of nitrogens with one attached hydrogen (secondary N) is 1. The molecule has 3 nitrogen and oxygen atoms in total. The van der Waals surface area contributed by atoms with Gasteiger partial charge in [-0.25, -0.2) is 0 Å². The molecule has 0 spiro atoms. The summed E-state index contributed by atoms with van der Waals surface area (Å²) >= 11 is 0. The number of hydrogen-bond acceptors (Lipinski definition) is 2. The zero-order valence-corrected chi connectivity index (χ0v) is 14.9. The molecule has 1 aliphatic heterocycles. The molecule has 1 unspecified atom stereocenters. The van der Waals surface area contributed by atoms with Crippen molar-refractivity contribution >= 4 is 17.3 Å². The van der Waals surface area contributed by atoms with E-state index in [0.29, 0.717) is 11.8 Å². The first-order chi connectivity index (χ1) is 11.5. The molecule has 126 valence electrons. The van der Waals surface area contributed by atoms with E-state index >= 15 is 0 Å². The Morgan fingerprint density at radius 3 is 2.29 bits per heavy atom. The maximum absolute atomic E-state index is 12.4. The van der Waals surface area contributed by atoms with Crippen molar-refractivity contribution in [1.82, 2.24) is 0 Å². The van der Waals surface area contributed by atoms with Crippen LogP contribution in [0.1, 0.15) is 39.3 Å². The Hall–Kier alpha value is -2.29. The molecule has 0 aromatic heterocycles. The van der Waals surface area contributed by atoms with Crippen LogP contribution in [0.4, 0.5) is 11.4 Å². The highest BCUT2D eigenvalue weighted by atomic mass is 16.2. The second-order valence-corrected chi connectivity index (χ2v) is 7.03. The van der Waals surface area contributed by atoms with Crippen molar-refractivity contribution < 1.29 is 4.79 Å². The number of amides is 1. The normalized spacial score (nSPS) is 23.0. The maximum atomic E-state index is 12.4. The summed E-state index contributed by atoms with van der Waals surface area (Å²) in [4.78, 5) is 14.4. The zero-order chi connectivity index (χ0) is 17.3. The molecule has 0 aliphatic carbocycles. The molecular formula is C21H26N2O. The molecule has 1 N–H and O–H groups in total. The van der Waals surface area contributed by atoms with Gasteiger partial charge in [-0.1, -0.05) is 57.2 Å². The third-order valence-corrected chi connectivity index (χ3v) is 5.01. The van der Waals surface area contributed by atoms with Gasteiger partial charge in [-0.15, -0.1) is 0 Å². The highest BCUT2D eigenvalue weighted by Crippen LogP contribution is 2.44. The number of nitrogens with zero attached hydrogens (tertiary/aromatic N) is 1. The number of benzene rings is 2. The molecular weight excluding hydrogens is 296 g/mol. The van der Waals surface area contributed by atoms with Gasteiger partial charge >= 0.3 is 0 Å². The van der Waals surface area contributed by atoms with Crippen LogP contribution in [0, 0.1) is 11.8 Å². The lowest BCUT2D eigenvalue weighted by molar-refractivity contribution is -0.117. The minimum Gasteiger partial charge on any atom is -0.378 e. The second kappa shape index (κ2) is 6.68. The topological polar surface area (TPSA) is 32.3 Å². The molecule has 0 fully saturated rings. The van der Waals surface area contributed by atoms with Gasteiger partial charge in [0.1, 0.15) is 0 Å². The Labute approximate surface area is 144 Å². The molecule has 2 aromatic carbocycles. The van der Waals surface area contributed by atoms with E-state index in [4.69, 9.17) is 0 Å². The summed E-state index contributed by atoms with van der Waals surface area (Å²) in [5, 5.41) is 3.69. The van der Waals surface area contributed by atoms with E-state index < -0.39 is 0 Å². The van der Waals surface area contributed by atoms with Crippen LogP contribution in [0.3, 0.4) is 0 Å². The van der Waals surface area contributed by atoms with Gasteiger partial charge < -0.3 is 10.2 Å². The molecule has 0 radical (unpaired) electrons. The molecule has 0 saturated heterocycles. The number of carbonyl (C=O) groups excluding carboxylic acids is 1. The summed E-state index contributed by atoms with van der Waals surface area (Å²) in [6.45, 7) is 8.32. The van der Waals surface area contributed by atoms with Crippen molar-refractivity contribution in [2.24, 2.45) is 11.8 Å². The van der Waals surface area contributed by atoms with E-state index in [1.54, 1.807) is 6.92 Å². The van der Waals surface area contributed by atoms with Crippen molar-refractivity contribution in [3.8, 4) is 0 Å². The van der Waals surface area contributed by atoms with Crippen LogP contribution in [0.5, 0.6) is 0 Å². The van der Waals surface area contributed by atoms with E-state index in [1.165, 1.54) is 5.56 Å². The van der Waals surface area contributed by atoms with Crippen LogP contribution in [0.2, 0.25) is 0 Å². The lowest BCUT2D eigenvalue weighted by atomic mass is 9.77. The van der Waals surface area contributed by atoms with Gasteiger partial charge in [-0.05, 0) is 29.7 Å². The number of fused-ring (bicyclic) bond motifs is 1. The fourth-order valence-corrected chi connectivity index (χ4v) is 4.05. The Morgan fingerprint density at radius 2 is 1.67 bits per heavy atom. The van der Waals surface area contributed by atoms with Crippen LogP contribution in [-0.2, 0) is 4.79 Å². The van der Waals surface area contributed by atoms with E-state index in [0.717, 1.165) is 11.4 Å². The minimum atomic E-state index is 0.117. The fraction of sp³-hybridized carbons (Fsp3) is 0.381. The largest absolute Gasteiger partial charge is 0.378 e. The maximum Gasteiger partial charge on any atom is 0.224 e. The molecule has 3 atom stereocenters. The van der Waals surface area contributed by atoms with Crippen LogP contribution in [-0.4, -0.2) is 11.9 Å². The first-order valence-corrected chi connectivity index (χ1v) is 8.71. The van der Waals surface area contributed by atoms with Crippen molar-refractivity contribution in [3.05, 3.63) is 60.2 Å². The molecule has 0 saturated carbocycles. The lowest BCUT2D eigenvalue weighted by Gasteiger charge is -2.47. The van der Waals surface area contributed by atoms with Gasteiger partial charge in [0.25, 0.3) is 0 Å². The Bertz CT molecular complexity index is 711. The molecule has 3 heteroatoms. The molecule has 2 aromatic rings. The number of para-hydroxylation sites is 2. The summed E-state index contributed by atoms with van der Waals surface area (Å²) in [6.07, 6.45) is 0. The van der Waals surface area contributed by atoms with Crippen molar-refractivity contribution in [2.75, 3.05) is 10.2 Å². The van der Waals surface area contributed by atoms with Gasteiger partial charge in [-0.3, -0.25) is 4.79 Å². The summed E-state index contributed by atoms with van der Waals surface area (Å²) in [6, 6.07) is 18.9. The molecule has 3 rings (SSSR count). The Kier molecular flexibility index (Phi) is 4.61. The number of carbonyl (C=O) groups is 1. The number of anilines is 2. The number of rotatable bonds is 3. The Balaban J connectivity index is 2.08. The average Bonchev–Trinajstić information content (AvgIpc) is 2.57. The lowest BCUT2D eigenvalue weighted by Crippen LogP contribution is -2.52. The third-order valence-electron chi connectivity index (χ3n) is 5.01. The summed E-state index contributed by atoms with van der Waals surface area (Å²) in [7, 11) is 0. The van der Waals surface area contributed by atoms with E-state index in [2.05, 4.69) is 56.4 Å². The first kappa shape index (κ1) is 16.6. The predicted molar refractivity (Wildman–Crippen MR) is 100 cm³/mol. The van der Waals surface area contributed by atoms with Gasteiger partial charge in [0.15, 0.2) is 0 Å². The van der Waals surface area contributed by atoms with Crippen molar-refractivity contribution in [3.63, 3.8) is 0 Å². The summed E-state index contributed by atoms with van der Waals surface area (Å²) < 4.78 is 0. The SMILES string of the molecule is CC(=O)N1c2ccccc2[C@H](Nc2ccccc2)C(C)[C@@H]1C(C)C.